The number of benzene rings is 4. The molecule has 5 rings (SSSR count). The van der Waals surface area contributed by atoms with Gasteiger partial charge in [0.15, 0.2) is 11.6 Å². The van der Waals surface area contributed by atoms with Gasteiger partial charge in [0.2, 0.25) is 0 Å². The Morgan fingerprint density at radius 3 is 1.75 bits per heavy atom. The summed E-state index contributed by atoms with van der Waals surface area (Å²) >= 11 is 0. The van der Waals surface area contributed by atoms with Crippen molar-refractivity contribution in [2.45, 2.75) is 102 Å². The number of rotatable bonds is 15. The zero-order chi connectivity index (χ0) is 38.3. The average molecular weight is 755 g/mol. The van der Waals surface area contributed by atoms with Gasteiger partial charge in [-0.1, -0.05) is 82.6 Å². The summed E-state index contributed by atoms with van der Waals surface area (Å²) < 4.78 is 149. The van der Waals surface area contributed by atoms with Crippen molar-refractivity contribution in [1.82, 2.24) is 0 Å². The molecular formula is C41H40F10O2. The van der Waals surface area contributed by atoms with E-state index in [4.69, 9.17) is 0 Å². The number of hydrogen-bond donors (Lipinski definition) is 0. The molecule has 0 N–H and O–H groups in total. The monoisotopic (exact) mass is 754 g/mol. The first kappa shape index (κ1) is 40.0. The third-order valence-corrected chi connectivity index (χ3v) is 9.83. The molecule has 0 aromatic heterocycles. The van der Waals surface area contributed by atoms with Crippen LogP contribution in [0.4, 0.5) is 43.9 Å². The Morgan fingerprint density at radius 2 is 1.15 bits per heavy atom. The van der Waals surface area contributed by atoms with Crippen LogP contribution in [0.1, 0.15) is 101 Å². The molecule has 286 valence electrons. The molecule has 0 unspecified atom stereocenters. The van der Waals surface area contributed by atoms with Gasteiger partial charge in [-0.3, -0.25) is 0 Å². The SMILES string of the molecule is CCCCCCCCCC1CCC(c2ccc(-c3ccc(-c4cc(F)c(C(F)(F)Oc5ccc(OC(F)(F)F)c(F)c5)c(F)c4)c(F)c3)c(F)c2)CC1. The predicted molar refractivity (Wildman–Crippen MR) is 182 cm³/mol. The molecule has 4 aromatic carbocycles. The van der Waals surface area contributed by atoms with Gasteiger partial charge in [0.25, 0.3) is 0 Å². The van der Waals surface area contributed by atoms with E-state index < -0.39 is 64.2 Å². The molecule has 0 amide bonds. The topological polar surface area (TPSA) is 18.5 Å². The summed E-state index contributed by atoms with van der Waals surface area (Å²) in [7, 11) is 0. The summed E-state index contributed by atoms with van der Waals surface area (Å²) in [6, 6.07) is 10.2. The maximum absolute atomic E-state index is 15.4. The van der Waals surface area contributed by atoms with E-state index in [1.165, 1.54) is 63.5 Å². The average Bonchev–Trinajstić information content (AvgIpc) is 3.08. The second kappa shape index (κ2) is 17.3. The lowest BCUT2D eigenvalue weighted by molar-refractivity contribution is -0.275. The second-order valence-electron chi connectivity index (χ2n) is 13.6. The van der Waals surface area contributed by atoms with Crippen LogP contribution < -0.4 is 9.47 Å². The quantitative estimate of drug-likeness (QED) is 0.0889. The predicted octanol–water partition coefficient (Wildman–Crippen LogP) is 14.2. The van der Waals surface area contributed by atoms with E-state index in [2.05, 4.69) is 16.4 Å². The van der Waals surface area contributed by atoms with Gasteiger partial charge in [-0.2, -0.15) is 8.78 Å². The summed E-state index contributed by atoms with van der Waals surface area (Å²) in [6.45, 7) is 2.21. The van der Waals surface area contributed by atoms with Crippen LogP contribution in [0, 0.1) is 35.0 Å². The molecule has 0 saturated heterocycles. The summed E-state index contributed by atoms with van der Waals surface area (Å²) in [5.41, 5.74) is -1.58. The summed E-state index contributed by atoms with van der Waals surface area (Å²) in [4.78, 5) is 0. The molecular weight excluding hydrogens is 714 g/mol. The van der Waals surface area contributed by atoms with Crippen molar-refractivity contribution in [2.24, 2.45) is 5.92 Å². The molecule has 12 heteroatoms. The first-order valence-electron chi connectivity index (χ1n) is 17.9. The van der Waals surface area contributed by atoms with Crippen molar-refractivity contribution < 1.29 is 53.4 Å². The van der Waals surface area contributed by atoms with E-state index in [0.29, 0.717) is 30.2 Å². The Hall–Kier alpha value is -4.22. The second-order valence-corrected chi connectivity index (χ2v) is 13.6. The summed E-state index contributed by atoms with van der Waals surface area (Å²) in [5.74, 6) is -8.46. The zero-order valence-electron chi connectivity index (χ0n) is 29.1. The molecule has 53 heavy (non-hydrogen) atoms. The molecule has 0 aliphatic heterocycles. The van der Waals surface area contributed by atoms with Crippen LogP contribution in [0.15, 0.2) is 66.7 Å². The lowest BCUT2D eigenvalue weighted by atomic mass is 9.77. The maximum Gasteiger partial charge on any atom is 0.573 e. The lowest BCUT2D eigenvalue weighted by Gasteiger charge is -2.29. The number of alkyl halides is 5. The van der Waals surface area contributed by atoms with Crippen LogP contribution in [0.3, 0.4) is 0 Å². The van der Waals surface area contributed by atoms with E-state index in [1.54, 1.807) is 6.07 Å². The fourth-order valence-corrected chi connectivity index (χ4v) is 7.07. The molecule has 1 aliphatic carbocycles. The molecule has 2 nitrogen and oxygen atoms in total. The van der Waals surface area contributed by atoms with Gasteiger partial charge in [0.1, 0.15) is 34.6 Å². The van der Waals surface area contributed by atoms with Crippen LogP contribution in [0.25, 0.3) is 22.3 Å². The van der Waals surface area contributed by atoms with Crippen molar-refractivity contribution in [1.29, 1.82) is 0 Å². The number of ether oxygens (including phenoxy) is 2. The van der Waals surface area contributed by atoms with Crippen LogP contribution in [-0.4, -0.2) is 6.36 Å². The van der Waals surface area contributed by atoms with Crippen LogP contribution in [-0.2, 0) is 6.11 Å². The molecule has 4 aromatic rings. The van der Waals surface area contributed by atoms with Crippen molar-refractivity contribution in [3.8, 4) is 33.8 Å². The van der Waals surface area contributed by atoms with Gasteiger partial charge in [-0.05, 0) is 90.6 Å². The van der Waals surface area contributed by atoms with Gasteiger partial charge in [-0.15, -0.1) is 13.2 Å². The molecule has 1 saturated carbocycles. The zero-order valence-corrected chi connectivity index (χ0v) is 29.1. The Bertz CT molecular complexity index is 1820. The first-order chi connectivity index (χ1) is 25.1. The standard InChI is InChI=1S/C41H40F10O2/c1-2-3-4-5-6-7-8-9-25-10-12-26(13-11-25)27-14-17-31(33(42)20-27)28-15-18-32(34(43)21-28)29-22-36(45)39(37(46)23-29)40(47,48)52-30-16-19-38(35(44)24-30)53-41(49,50)51/h14-26H,2-13H2,1H3. The van der Waals surface area contributed by atoms with Gasteiger partial charge in [0, 0.05) is 17.2 Å². The van der Waals surface area contributed by atoms with Gasteiger partial charge < -0.3 is 9.47 Å². The summed E-state index contributed by atoms with van der Waals surface area (Å²) in [6.07, 6.45) is 4.29. The van der Waals surface area contributed by atoms with Crippen molar-refractivity contribution >= 4 is 0 Å². The fraction of sp³-hybridized carbons (Fsp3) is 0.415. The Balaban J connectivity index is 1.23. The largest absolute Gasteiger partial charge is 0.573 e. The minimum absolute atomic E-state index is 0.116. The Morgan fingerprint density at radius 1 is 0.566 bits per heavy atom. The molecule has 0 atom stereocenters. The molecule has 0 heterocycles. The first-order valence-corrected chi connectivity index (χ1v) is 17.9. The molecule has 0 spiro atoms. The molecule has 0 radical (unpaired) electrons. The Kier molecular flexibility index (Phi) is 13.0. The van der Waals surface area contributed by atoms with Gasteiger partial charge >= 0.3 is 12.5 Å². The minimum Gasteiger partial charge on any atom is -0.429 e. The Labute approximate surface area is 302 Å². The number of hydrogen-bond acceptors (Lipinski definition) is 2. The van der Waals surface area contributed by atoms with Crippen LogP contribution in [0.5, 0.6) is 11.5 Å². The number of halogens is 10. The third kappa shape index (κ3) is 10.5. The van der Waals surface area contributed by atoms with Crippen LogP contribution >= 0.6 is 0 Å². The molecule has 1 fully saturated rings. The molecule has 1 aliphatic rings. The van der Waals surface area contributed by atoms with Gasteiger partial charge in [0.05, 0.1) is 0 Å². The lowest BCUT2D eigenvalue weighted by Crippen LogP contribution is -2.25. The third-order valence-electron chi connectivity index (χ3n) is 9.83. The van der Waals surface area contributed by atoms with E-state index >= 15 is 8.78 Å². The van der Waals surface area contributed by atoms with Crippen molar-refractivity contribution in [3.63, 3.8) is 0 Å². The highest BCUT2D eigenvalue weighted by Crippen LogP contribution is 2.41. The normalized spacial score (nSPS) is 16.5. The smallest absolute Gasteiger partial charge is 0.429 e. The molecule has 0 bridgehead atoms. The van der Waals surface area contributed by atoms with E-state index in [0.717, 1.165) is 43.4 Å². The van der Waals surface area contributed by atoms with E-state index in [-0.39, 0.29) is 28.7 Å². The van der Waals surface area contributed by atoms with Gasteiger partial charge in [-0.25, -0.2) is 22.0 Å². The highest BCUT2D eigenvalue weighted by molar-refractivity contribution is 5.72. The van der Waals surface area contributed by atoms with Crippen molar-refractivity contribution in [2.75, 3.05) is 0 Å². The number of unbranched alkanes of at least 4 members (excludes halogenated alkanes) is 6. The van der Waals surface area contributed by atoms with E-state index in [1.807, 2.05) is 6.07 Å². The maximum atomic E-state index is 15.4. The minimum atomic E-state index is -5.27. The summed E-state index contributed by atoms with van der Waals surface area (Å²) in [5, 5.41) is 0. The van der Waals surface area contributed by atoms with Crippen molar-refractivity contribution in [3.05, 3.63) is 107 Å². The van der Waals surface area contributed by atoms with E-state index in [9.17, 15) is 35.1 Å². The highest BCUT2D eigenvalue weighted by atomic mass is 19.4. The van der Waals surface area contributed by atoms with Crippen LogP contribution in [0.2, 0.25) is 0 Å². The highest BCUT2D eigenvalue weighted by Gasteiger charge is 2.42. The fourth-order valence-electron chi connectivity index (χ4n) is 7.07.